The van der Waals surface area contributed by atoms with Gasteiger partial charge in [-0.2, -0.15) is 31.4 Å². The number of sulfonamides is 2. The zero-order valence-corrected chi connectivity index (χ0v) is 33.1. The van der Waals surface area contributed by atoms with Crippen LogP contribution < -0.4 is 25.6 Å². The van der Waals surface area contributed by atoms with E-state index in [1.807, 2.05) is 19.1 Å². The van der Waals surface area contributed by atoms with Crippen molar-refractivity contribution in [2.24, 2.45) is 10.3 Å². The van der Waals surface area contributed by atoms with Crippen LogP contribution in [0, 0.1) is 6.92 Å². The fourth-order valence-corrected chi connectivity index (χ4v) is 6.72. The number of nitrogens with one attached hydrogen (secondary N) is 2. The number of anilines is 2. The van der Waals surface area contributed by atoms with Crippen LogP contribution in [-0.2, 0) is 54.8 Å². The Bertz CT molecular complexity index is 2780. The van der Waals surface area contributed by atoms with Gasteiger partial charge in [0.2, 0.25) is 31.9 Å². The molecule has 0 unspecified atom stereocenters. The number of carbonyl (C=O) groups excluding carboxylic acids is 2. The Morgan fingerprint density at radius 2 is 1.18 bits per heavy atom. The van der Waals surface area contributed by atoms with Gasteiger partial charge in [0, 0.05) is 11.4 Å². The first-order valence-electron chi connectivity index (χ1n) is 17.0. The smallest absolute Gasteiger partial charge is 0.436 e. The molecule has 61 heavy (non-hydrogen) atoms. The number of aryl methyl sites for hydroxylation is 1. The lowest BCUT2D eigenvalue weighted by Crippen LogP contribution is -2.19. The van der Waals surface area contributed by atoms with E-state index in [1.54, 1.807) is 36.4 Å². The molecule has 2 aromatic heterocycles. The summed E-state index contributed by atoms with van der Waals surface area (Å²) in [4.78, 5) is 24.0. The topological polar surface area (TPSA) is 249 Å². The molecule has 6 N–H and O–H groups in total. The monoisotopic (exact) mass is 894 g/mol. The number of aromatic nitrogens is 6. The minimum atomic E-state index is -4.75. The van der Waals surface area contributed by atoms with E-state index >= 15 is 0 Å². The quantitative estimate of drug-likeness (QED) is 0.131. The number of nitrogens with two attached hydrogens (primary N) is 2. The molecule has 2 heterocycles. The van der Waals surface area contributed by atoms with Gasteiger partial charge in [-0.05, 0) is 66.6 Å². The molecule has 0 aliphatic heterocycles. The Labute approximate surface area is 342 Å². The van der Waals surface area contributed by atoms with Crippen molar-refractivity contribution in [2.45, 2.75) is 41.9 Å². The summed E-state index contributed by atoms with van der Waals surface area (Å²) in [5.74, 6) is -0.235. The molecule has 6 rings (SSSR count). The van der Waals surface area contributed by atoms with Crippen LogP contribution in [0.1, 0.15) is 28.1 Å². The van der Waals surface area contributed by atoms with E-state index in [4.69, 9.17) is 15.0 Å². The van der Waals surface area contributed by atoms with Crippen LogP contribution in [0.2, 0.25) is 0 Å². The third-order valence-electron chi connectivity index (χ3n) is 8.14. The Balaban J connectivity index is 0.000000231. The molecule has 0 spiro atoms. The van der Waals surface area contributed by atoms with Crippen molar-refractivity contribution in [1.29, 1.82) is 0 Å². The highest BCUT2D eigenvalue weighted by Gasteiger charge is 2.36. The lowest BCUT2D eigenvalue weighted by molar-refractivity contribution is -0.142. The zero-order valence-electron chi connectivity index (χ0n) is 31.4. The number of halogens is 6. The summed E-state index contributed by atoms with van der Waals surface area (Å²) in [6.07, 6.45) is -8.47. The van der Waals surface area contributed by atoms with Gasteiger partial charge in [-0.3, -0.25) is 9.59 Å². The van der Waals surface area contributed by atoms with E-state index in [1.165, 1.54) is 19.2 Å². The first-order chi connectivity index (χ1) is 28.4. The second kappa shape index (κ2) is 17.9. The Morgan fingerprint density at radius 3 is 1.62 bits per heavy atom. The largest absolute Gasteiger partial charge is 0.497 e. The minimum absolute atomic E-state index is 0.00548. The van der Waals surface area contributed by atoms with Gasteiger partial charge in [-0.25, -0.2) is 31.8 Å². The highest BCUT2D eigenvalue weighted by atomic mass is 32.2. The molecule has 6 aromatic rings. The number of nitrogens with zero attached hydrogens (tertiary/aromatic N) is 6. The number of benzene rings is 4. The highest BCUT2D eigenvalue weighted by Crippen LogP contribution is 2.30. The fraction of sp³-hybridized carbons (Fsp3) is 0.167. The minimum Gasteiger partial charge on any atom is -0.497 e. The van der Waals surface area contributed by atoms with Crippen molar-refractivity contribution in [3.63, 3.8) is 0 Å². The summed E-state index contributed by atoms with van der Waals surface area (Å²) < 4.78 is 130. The van der Waals surface area contributed by atoms with E-state index in [2.05, 4.69) is 31.1 Å². The Kier molecular flexibility index (Phi) is 13.3. The molecule has 0 radical (unpaired) electrons. The van der Waals surface area contributed by atoms with E-state index in [0.29, 0.717) is 33.2 Å². The molecule has 2 amide bonds. The second-order valence-corrected chi connectivity index (χ2v) is 15.9. The SMILES string of the molecule is COc1ccc(CC(=O)Nc2ccc(-n3cc(C(F)(F)F)nn3)c(S(N)(=O)=O)c2)cc1.Cc1ccc(CC(=O)Nc2ccc(-n3ncc(C(F)(F)F)n3)c(S(N)(=O)=O)c2)cc1. The molecule has 0 aliphatic rings. The van der Waals surface area contributed by atoms with Crippen molar-refractivity contribution in [3.05, 3.63) is 125 Å². The molecular formula is C36H32F6N10O7S2. The van der Waals surface area contributed by atoms with Crippen molar-refractivity contribution in [3.8, 4) is 17.1 Å². The normalized spacial score (nSPS) is 12.0. The average molecular weight is 895 g/mol. The third-order valence-corrected chi connectivity index (χ3v) is 10.0. The number of amides is 2. The molecule has 25 heteroatoms. The van der Waals surface area contributed by atoms with Crippen molar-refractivity contribution >= 4 is 43.2 Å². The lowest BCUT2D eigenvalue weighted by atomic mass is 10.1. The van der Waals surface area contributed by atoms with Crippen LogP contribution in [0.25, 0.3) is 11.4 Å². The number of hydrogen-bond acceptors (Lipinski definition) is 11. The maximum atomic E-state index is 12.8. The summed E-state index contributed by atoms with van der Waals surface area (Å²) in [5, 5.41) is 28.5. The van der Waals surface area contributed by atoms with Gasteiger partial charge in [0.05, 0.1) is 38.0 Å². The van der Waals surface area contributed by atoms with Crippen molar-refractivity contribution < 1.29 is 57.5 Å². The fourth-order valence-electron chi connectivity index (χ4n) is 5.24. The maximum absolute atomic E-state index is 12.8. The first kappa shape index (κ1) is 45.4. The first-order valence-corrected chi connectivity index (χ1v) is 20.1. The standard InChI is InChI=1S/C18H16F3N5O4S.C18H16F3N5O3S/c1-30-13-5-2-11(3-6-13)8-17(27)23-12-4-7-14(15(9-12)31(22,28)29)26-10-16(24-25-26)18(19,20)21;1-11-2-4-12(5-3-11)8-17(27)24-13-6-7-14(15(9-13)30(22,28)29)26-23-10-16(25-26)18(19,20)21/h2-7,9-10H,8H2,1H3,(H,23,27)(H2,22,28,29);2-7,9-10H,8H2,1H3,(H,24,27)(H2,22,28,29). The molecule has 322 valence electrons. The summed E-state index contributed by atoms with van der Waals surface area (Å²) in [6.45, 7) is 1.91. The molecule has 0 bridgehead atoms. The number of rotatable bonds is 11. The molecule has 0 saturated heterocycles. The molecular weight excluding hydrogens is 863 g/mol. The number of alkyl halides is 6. The lowest BCUT2D eigenvalue weighted by Gasteiger charge is -2.11. The van der Waals surface area contributed by atoms with Crippen LogP contribution in [0.15, 0.2) is 107 Å². The van der Waals surface area contributed by atoms with Crippen LogP contribution in [0.5, 0.6) is 5.75 Å². The third kappa shape index (κ3) is 12.2. The molecule has 0 fully saturated rings. The number of methoxy groups -OCH3 is 1. The number of primary sulfonamides is 2. The highest BCUT2D eigenvalue weighted by molar-refractivity contribution is 7.89. The molecule has 0 atom stereocenters. The van der Waals surface area contributed by atoms with E-state index in [9.17, 15) is 52.8 Å². The summed E-state index contributed by atoms with van der Waals surface area (Å²) in [7, 11) is -7.22. The molecule has 17 nitrogen and oxygen atoms in total. The van der Waals surface area contributed by atoms with Gasteiger partial charge in [0.25, 0.3) is 0 Å². The van der Waals surface area contributed by atoms with Gasteiger partial charge in [-0.15, -0.1) is 15.0 Å². The predicted octanol–water partition coefficient (Wildman–Crippen LogP) is 4.55. The van der Waals surface area contributed by atoms with Crippen LogP contribution in [-0.4, -0.2) is 65.7 Å². The van der Waals surface area contributed by atoms with Crippen LogP contribution >= 0.6 is 0 Å². The van der Waals surface area contributed by atoms with E-state index in [-0.39, 0.29) is 35.6 Å². The second-order valence-electron chi connectivity index (χ2n) is 12.8. The Morgan fingerprint density at radius 1 is 0.705 bits per heavy atom. The predicted molar refractivity (Wildman–Crippen MR) is 204 cm³/mol. The van der Waals surface area contributed by atoms with Crippen LogP contribution in [0.4, 0.5) is 37.7 Å². The average Bonchev–Trinajstić information content (AvgIpc) is 3.88. The number of hydrogen-bond donors (Lipinski definition) is 4. The summed E-state index contributed by atoms with van der Waals surface area (Å²) >= 11 is 0. The maximum Gasteiger partial charge on any atom is 0.436 e. The van der Waals surface area contributed by atoms with Gasteiger partial charge >= 0.3 is 12.4 Å². The number of ether oxygens (including phenoxy) is 1. The molecule has 4 aromatic carbocycles. The van der Waals surface area contributed by atoms with E-state index < -0.39 is 65.4 Å². The molecule has 0 saturated carbocycles. The zero-order chi connectivity index (χ0) is 44.9. The van der Waals surface area contributed by atoms with Gasteiger partial charge in [0.15, 0.2) is 11.4 Å². The van der Waals surface area contributed by atoms with Gasteiger partial charge in [0.1, 0.15) is 21.2 Å². The molecule has 0 aliphatic carbocycles. The van der Waals surface area contributed by atoms with Gasteiger partial charge < -0.3 is 15.4 Å². The van der Waals surface area contributed by atoms with Crippen molar-refractivity contribution in [2.75, 3.05) is 17.7 Å². The van der Waals surface area contributed by atoms with Crippen molar-refractivity contribution in [1.82, 2.24) is 30.0 Å². The van der Waals surface area contributed by atoms with E-state index in [0.717, 1.165) is 35.4 Å². The summed E-state index contributed by atoms with van der Waals surface area (Å²) in [6, 6.07) is 21.0. The summed E-state index contributed by atoms with van der Waals surface area (Å²) in [5.41, 5.74) is -0.476. The Hall–Kier alpha value is -6.70. The van der Waals surface area contributed by atoms with Gasteiger partial charge in [-0.1, -0.05) is 47.2 Å². The number of carbonyl (C=O) groups is 2. The van der Waals surface area contributed by atoms with Crippen LogP contribution in [0.3, 0.4) is 0 Å².